The molecule has 12 rings (SSSR count). The average molecular weight is 878 g/mol. The number of thiophene rings is 1. The maximum absolute atomic E-state index is 2.45. The van der Waals surface area contributed by atoms with Gasteiger partial charge in [0.05, 0.1) is 0 Å². The van der Waals surface area contributed by atoms with Gasteiger partial charge in [-0.2, -0.15) is 0 Å². The van der Waals surface area contributed by atoms with Crippen LogP contribution in [0.25, 0.3) is 42.4 Å². The summed E-state index contributed by atoms with van der Waals surface area (Å²) in [6.07, 6.45) is 0. The van der Waals surface area contributed by atoms with E-state index in [0.29, 0.717) is 0 Å². The molecule has 0 amide bonds. The van der Waals surface area contributed by atoms with Crippen molar-refractivity contribution in [3.63, 3.8) is 0 Å². The van der Waals surface area contributed by atoms with Gasteiger partial charge in [-0.1, -0.05) is 141 Å². The summed E-state index contributed by atoms with van der Waals surface area (Å²) in [6, 6.07) is 90.5. The normalized spacial score (nSPS) is 12.4. The molecule has 1 heterocycles. The molecule has 10 aromatic carbocycles. The average Bonchev–Trinajstić information content (AvgIpc) is 3.86. The monoisotopic (exact) mass is 877 g/mol. The summed E-state index contributed by atoms with van der Waals surface area (Å²) < 4.78 is 2.62. The Balaban J connectivity index is 0.999. The first-order chi connectivity index (χ1) is 33.0. The van der Waals surface area contributed by atoms with Crippen LogP contribution in [0.15, 0.2) is 249 Å². The van der Waals surface area contributed by atoms with Gasteiger partial charge in [0, 0.05) is 76.8 Å². The summed E-state index contributed by atoms with van der Waals surface area (Å²) in [5.41, 5.74) is 17.2. The van der Waals surface area contributed by atoms with Crippen LogP contribution in [-0.2, 0) is 5.41 Å². The molecule has 1 aliphatic carbocycles. The molecule has 0 spiro atoms. The Labute approximate surface area is 396 Å². The van der Waals surface area contributed by atoms with E-state index in [0.717, 1.165) is 56.7 Å². The SMILES string of the molecule is CC1(C)c2cc(-c3cc(N(c4ccccc4)c4ccccc4)cc(N(c4ccccc4)c4ccccc4)c3)ccc2-c2ccc(N(c3ccccc3)c3ccc4sc5ccccc5c4c3)cc21. The molecule has 0 radical (unpaired) electrons. The lowest BCUT2D eigenvalue weighted by atomic mass is 9.81. The van der Waals surface area contributed by atoms with Crippen LogP contribution in [0.1, 0.15) is 25.0 Å². The van der Waals surface area contributed by atoms with Crippen molar-refractivity contribution in [1.29, 1.82) is 0 Å². The van der Waals surface area contributed by atoms with Crippen molar-refractivity contribution in [3.05, 3.63) is 260 Å². The number of rotatable bonds is 10. The molecule has 320 valence electrons. The zero-order chi connectivity index (χ0) is 44.9. The maximum Gasteiger partial charge on any atom is 0.0488 e. The molecule has 4 heteroatoms. The Hall–Kier alpha value is -8.18. The summed E-state index contributed by atoms with van der Waals surface area (Å²) >= 11 is 1.86. The molecular weight excluding hydrogens is 831 g/mol. The first-order valence-corrected chi connectivity index (χ1v) is 23.8. The Bertz CT molecular complexity index is 3370. The van der Waals surface area contributed by atoms with Crippen LogP contribution in [0.4, 0.5) is 51.2 Å². The van der Waals surface area contributed by atoms with E-state index in [9.17, 15) is 0 Å². The number of fused-ring (bicyclic) bond motifs is 6. The zero-order valence-corrected chi connectivity index (χ0v) is 38.2. The molecule has 0 saturated carbocycles. The van der Waals surface area contributed by atoms with Gasteiger partial charge in [0.2, 0.25) is 0 Å². The molecule has 0 atom stereocenters. The van der Waals surface area contributed by atoms with E-state index >= 15 is 0 Å². The first-order valence-electron chi connectivity index (χ1n) is 23.0. The molecule has 0 aliphatic heterocycles. The van der Waals surface area contributed by atoms with Crippen molar-refractivity contribution in [2.45, 2.75) is 19.3 Å². The highest BCUT2D eigenvalue weighted by molar-refractivity contribution is 7.25. The number of anilines is 9. The lowest BCUT2D eigenvalue weighted by Crippen LogP contribution is -2.16. The van der Waals surface area contributed by atoms with E-state index in [2.05, 4.69) is 277 Å². The molecule has 1 aromatic heterocycles. The van der Waals surface area contributed by atoms with Crippen LogP contribution in [0.3, 0.4) is 0 Å². The Morgan fingerprint density at radius 2 is 0.687 bits per heavy atom. The van der Waals surface area contributed by atoms with Crippen molar-refractivity contribution in [2.24, 2.45) is 0 Å². The Morgan fingerprint density at radius 1 is 0.284 bits per heavy atom. The van der Waals surface area contributed by atoms with Gasteiger partial charge in [0.15, 0.2) is 0 Å². The van der Waals surface area contributed by atoms with Crippen LogP contribution >= 0.6 is 11.3 Å². The minimum Gasteiger partial charge on any atom is -0.310 e. The molecule has 0 N–H and O–H groups in total. The fourth-order valence-electron chi connectivity index (χ4n) is 10.1. The lowest BCUT2D eigenvalue weighted by Gasteiger charge is -2.30. The second-order valence-corrected chi connectivity index (χ2v) is 18.9. The number of para-hydroxylation sites is 5. The molecule has 0 saturated heterocycles. The summed E-state index contributed by atoms with van der Waals surface area (Å²) in [4.78, 5) is 7.15. The summed E-state index contributed by atoms with van der Waals surface area (Å²) in [7, 11) is 0. The van der Waals surface area contributed by atoms with Crippen LogP contribution < -0.4 is 14.7 Å². The predicted molar refractivity (Wildman–Crippen MR) is 286 cm³/mol. The molecule has 67 heavy (non-hydrogen) atoms. The van der Waals surface area contributed by atoms with Crippen LogP contribution in [0, 0.1) is 0 Å². The van der Waals surface area contributed by atoms with Gasteiger partial charge in [-0.15, -0.1) is 11.3 Å². The standard InChI is InChI=1S/C63H47N3S/c1-63(2)59-40-44(32-35-55(59)56-36-33-52(43-60(56)63)66(50-28-16-7-17-29-50)51-34-37-62-58(42-51)57-30-18-19-31-61(57)67-62)45-38-53(64(46-20-8-3-9-21-46)47-22-10-4-11-23-47)41-54(39-45)65(48-24-12-5-13-25-48)49-26-14-6-15-27-49/h3-43H,1-2H3. The lowest BCUT2D eigenvalue weighted by molar-refractivity contribution is 0.660. The van der Waals surface area contributed by atoms with Crippen molar-refractivity contribution >= 4 is 82.7 Å². The Kier molecular flexibility index (Phi) is 10.0. The summed E-state index contributed by atoms with van der Waals surface area (Å²) in [6.45, 7) is 4.78. The highest BCUT2D eigenvalue weighted by atomic mass is 32.1. The quantitative estimate of drug-likeness (QED) is 0.136. The smallest absolute Gasteiger partial charge is 0.0488 e. The van der Waals surface area contributed by atoms with Crippen molar-refractivity contribution in [3.8, 4) is 22.3 Å². The molecule has 1 aliphatic rings. The van der Waals surface area contributed by atoms with Gasteiger partial charge < -0.3 is 14.7 Å². The second-order valence-electron chi connectivity index (χ2n) is 17.8. The number of hydrogen-bond acceptors (Lipinski definition) is 4. The van der Waals surface area contributed by atoms with Gasteiger partial charge in [0.1, 0.15) is 0 Å². The summed E-state index contributed by atoms with van der Waals surface area (Å²) in [5.74, 6) is 0. The van der Waals surface area contributed by atoms with Gasteiger partial charge in [-0.3, -0.25) is 0 Å². The second kappa shape index (κ2) is 16.7. The fourth-order valence-corrected chi connectivity index (χ4v) is 11.2. The van der Waals surface area contributed by atoms with Gasteiger partial charge in [0.25, 0.3) is 0 Å². The van der Waals surface area contributed by atoms with E-state index in [-0.39, 0.29) is 5.41 Å². The van der Waals surface area contributed by atoms with Gasteiger partial charge in [-0.05, 0) is 155 Å². The predicted octanol–water partition coefficient (Wildman–Crippen LogP) is 18.4. The van der Waals surface area contributed by atoms with Crippen molar-refractivity contribution in [2.75, 3.05) is 14.7 Å². The molecule has 0 fully saturated rings. The number of nitrogens with zero attached hydrogens (tertiary/aromatic N) is 3. The van der Waals surface area contributed by atoms with Crippen LogP contribution in [-0.4, -0.2) is 0 Å². The van der Waals surface area contributed by atoms with E-state index in [1.165, 1.54) is 48.0 Å². The number of benzene rings is 10. The summed E-state index contributed by atoms with van der Waals surface area (Å²) in [5, 5.41) is 2.59. The highest BCUT2D eigenvalue weighted by Crippen LogP contribution is 2.53. The van der Waals surface area contributed by atoms with Crippen molar-refractivity contribution < 1.29 is 0 Å². The Morgan fingerprint density at radius 3 is 1.21 bits per heavy atom. The molecule has 0 unspecified atom stereocenters. The topological polar surface area (TPSA) is 9.72 Å². The minimum absolute atomic E-state index is 0.271. The maximum atomic E-state index is 2.45. The molecule has 0 bridgehead atoms. The number of hydrogen-bond donors (Lipinski definition) is 0. The van der Waals surface area contributed by atoms with E-state index in [4.69, 9.17) is 0 Å². The van der Waals surface area contributed by atoms with Crippen LogP contribution in [0.2, 0.25) is 0 Å². The van der Waals surface area contributed by atoms with Crippen molar-refractivity contribution in [1.82, 2.24) is 0 Å². The van der Waals surface area contributed by atoms with E-state index in [1.54, 1.807) is 0 Å². The van der Waals surface area contributed by atoms with E-state index < -0.39 is 0 Å². The first kappa shape index (κ1) is 40.3. The molecule has 11 aromatic rings. The van der Waals surface area contributed by atoms with Gasteiger partial charge >= 0.3 is 0 Å². The third-order valence-electron chi connectivity index (χ3n) is 13.4. The highest BCUT2D eigenvalue weighted by Gasteiger charge is 2.36. The van der Waals surface area contributed by atoms with Crippen LogP contribution in [0.5, 0.6) is 0 Å². The van der Waals surface area contributed by atoms with Gasteiger partial charge in [-0.25, -0.2) is 0 Å². The third-order valence-corrected chi connectivity index (χ3v) is 14.5. The largest absolute Gasteiger partial charge is 0.310 e. The fraction of sp³-hybridized carbons (Fsp3) is 0.0476. The zero-order valence-electron chi connectivity index (χ0n) is 37.4. The van der Waals surface area contributed by atoms with E-state index in [1.807, 2.05) is 11.3 Å². The molecule has 3 nitrogen and oxygen atoms in total. The minimum atomic E-state index is -0.271. The third kappa shape index (κ3) is 7.23. The molecular formula is C63H47N3S.